The van der Waals surface area contributed by atoms with Crippen LogP contribution in [0.4, 0.5) is 0 Å². The molecule has 8 heteroatoms. The van der Waals surface area contributed by atoms with Gasteiger partial charge >= 0.3 is 11.9 Å². The molecule has 0 aliphatic carbocycles. The molecule has 2 aromatic carbocycles. The molecule has 1 radical (unpaired) electrons. The van der Waals surface area contributed by atoms with E-state index in [1.54, 1.807) is 0 Å². The number of benzene rings is 2. The van der Waals surface area contributed by atoms with Crippen molar-refractivity contribution in [1.82, 2.24) is 0 Å². The molecule has 0 amide bonds. The molecule has 0 atom stereocenters. The second kappa shape index (κ2) is 5.30. The van der Waals surface area contributed by atoms with Crippen LogP contribution in [0.2, 0.25) is 0 Å². The van der Waals surface area contributed by atoms with Gasteiger partial charge in [0.2, 0.25) is 0 Å². The van der Waals surface area contributed by atoms with Crippen LogP contribution >= 0.6 is 0 Å². The second-order valence-electron chi connectivity index (χ2n) is 3.99. The van der Waals surface area contributed by atoms with Gasteiger partial charge in [0, 0.05) is 62.2 Å². The number of carbonyl (C=O) groups excluding carboxylic acids is 2. The summed E-state index contributed by atoms with van der Waals surface area (Å²) in [6, 6.07) is 6.61. The van der Waals surface area contributed by atoms with E-state index in [9.17, 15) is 18.0 Å². The predicted octanol–water partition coefficient (Wildman–Crippen LogP) is 1.02. The smallest absolute Gasteiger partial charge is 0.346 e. The summed E-state index contributed by atoms with van der Waals surface area (Å²) in [6.45, 7) is 0. The fourth-order valence-electron chi connectivity index (χ4n) is 2.14. The zero-order chi connectivity index (χ0) is 13.8. The second-order valence-corrected chi connectivity index (χ2v) is 5.38. The van der Waals surface area contributed by atoms with Gasteiger partial charge < -0.3 is 4.74 Å². The van der Waals surface area contributed by atoms with Crippen molar-refractivity contribution >= 4 is 84.2 Å². The number of cyclic esters (lactones) is 2. The molecule has 0 bridgehead atoms. The van der Waals surface area contributed by atoms with Crippen molar-refractivity contribution in [2.24, 2.45) is 0 Å². The van der Waals surface area contributed by atoms with Gasteiger partial charge in [0.15, 0.2) is 0 Å². The molecule has 0 saturated heterocycles. The van der Waals surface area contributed by atoms with Gasteiger partial charge in [0.1, 0.15) is 4.90 Å². The first-order valence-corrected chi connectivity index (χ1v) is 6.63. The van der Waals surface area contributed by atoms with Crippen LogP contribution in [0.3, 0.4) is 0 Å². The fourth-order valence-corrected chi connectivity index (χ4v) is 2.83. The molecule has 1 N–H and O–H groups in total. The summed E-state index contributed by atoms with van der Waals surface area (Å²) in [5, 5.41) is 0.293. The Morgan fingerprint density at radius 2 is 1.55 bits per heavy atom. The van der Waals surface area contributed by atoms with Crippen molar-refractivity contribution in [2.45, 2.75) is 4.90 Å². The maximum atomic E-state index is 11.6. The van der Waals surface area contributed by atoms with Crippen LogP contribution in [-0.2, 0) is 14.9 Å². The van der Waals surface area contributed by atoms with Gasteiger partial charge in [-0.25, -0.2) is 9.59 Å². The van der Waals surface area contributed by atoms with E-state index in [1.165, 1.54) is 24.3 Å². The third-order valence-corrected chi connectivity index (χ3v) is 3.82. The summed E-state index contributed by atoms with van der Waals surface area (Å²) in [6.07, 6.45) is 0. The maximum absolute atomic E-state index is 11.6. The molecule has 0 unspecified atom stereocenters. The van der Waals surface area contributed by atoms with Gasteiger partial charge in [-0.1, -0.05) is 12.1 Å². The Morgan fingerprint density at radius 3 is 2.15 bits per heavy atom. The zero-order valence-electron chi connectivity index (χ0n) is 10.3. The fraction of sp³-hybridized carbons (Fsp3) is 0. The largest absolute Gasteiger partial charge is 0.386 e. The molecule has 0 saturated carbocycles. The molecule has 3 rings (SSSR count). The molecule has 0 fully saturated rings. The first kappa shape index (κ1) is 15.8. The Labute approximate surface area is 156 Å². The van der Waals surface area contributed by atoms with Crippen LogP contribution in [0.25, 0.3) is 10.8 Å². The van der Waals surface area contributed by atoms with E-state index in [4.69, 9.17) is 4.55 Å². The molecule has 6 nitrogen and oxygen atoms in total. The first-order chi connectivity index (χ1) is 8.89. The maximum Gasteiger partial charge on any atom is 0.346 e. The normalized spacial score (nSPS) is 13.8. The van der Waals surface area contributed by atoms with Crippen LogP contribution in [0.1, 0.15) is 20.7 Å². The summed E-state index contributed by atoms with van der Waals surface area (Å²) in [5.74, 6) is -1.67. The van der Waals surface area contributed by atoms with Gasteiger partial charge in [-0.15, -0.1) is 0 Å². The van der Waals surface area contributed by atoms with Crippen molar-refractivity contribution in [3.05, 3.63) is 41.5 Å². The van der Waals surface area contributed by atoms with E-state index in [1.807, 2.05) is 0 Å². The summed E-state index contributed by atoms with van der Waals surface area (Å²) < 4.78 is 36.3. The molecule has 0 spiro atoms. The number of rotatable bonds is 1. The molecule has 20 heavy (non-hydrogen) atoms. The van der Waals surface area contributed by atoms with E-state index < -0.39 is 22.1 Å². The quantitative estimate of drug-likeness (QED) is 0.365. The summed E-state index contributed by atoms with van der Waals surface area (Å²) >= 11 is 0. The minimum Gasteiger partial charge on any atom is -0.386 e. The summed E-state index contributed by atoms with van der Waals surface area (Å²) in [7, 11) is -4.45. The minimum atomic E-state index is -4.45. The van der Waals surface area contributed by atoms with E-state index in [0.717, 1.165) is 6.07 Å². The summed E-state index contributed by atoms with van der Waals surface area (Å²) in [5.41, 5.74) is 0.190. The van der Waals surface area contributed by atoms with Crippen LogP contribution in [0.15, 0.2) is 35.2 Å². The van der Waals surface area contributed by atoms with E-state index in [0.29, 0.717) is 0 Å². The number of carbonyl (C=O) groups is 2. The van der Waals surface area contributed by atoms with Crippen molar-refractivity contribution < 1.29 is 27.3 Å². The monoisotopic (exact) mass is 317 g/mol. The van der Waals surface area contributed by atoms with Gasteiger partial charge in [-0.3, -0.25) is 4.55 Å². The van der Waals surface area contributed by atoms with Crippen LogP contribution in [-0.4, -0.2) is 76.3 Å². The van der Waals surface area contributed by atoms with Crippen LogP contribution < -0.4 is 0 Å². The molecule has 1 aliphatic heterocycles. The van der Waals surface area contributed by atoms with E-state index >= 15 is 0 Å². The third-order valence-electron chi connectivity index (χ3n) is 2.90. The number of hydrogen-bond acceptors (Lipinski definition) is 5. The Hall–Kier alpha value is -0.614. The topological polar surface area (TPSA) is 97.7 Å². The first-order valence-electron chi connectivity index (χ1n) is 5.19. The van der Waals surface area contributed by atoms with Crippen molar-refractivity contribution in [2.75, 3.05) is 0 Å². The summed E-state index contributed by atoms with van der Waals surface area (Å²) in [4.78, 5) is 22.8. The standard InChI is InChI=1S/C12H6O6S.K/c13-11-7-3-1-2-6-9(19(15,16)17)5-4-8(10(6)7)12(14)18-11;/h1-5H,(H,15,16,17);. The van der Waals surface area contributed by atoms with Crippen molar-refractivity contribution in [3.8, 4) is 0 Å². The predicted molar refractivity (Wildman–Crippen MR) is 69.3 cm³/mol. The molecule has 0 aromatic heterocycles. The molecule has 1 aliphatic rings. The molecular weight excluding hydrogens is 311 g/mol. The van der Waals surface area contributed by atoms with Gasteiger partial charge in [0.25, 0.3) is 10.1 Å². The van der Waals surface area contributed by atoms with Gasteiger partial charge in [0.05, 0.1) is 11.1 Å². The SMILES string of the molecule is O=C1OC(=O)c2ccc(S(=O)(=O)O)c3cccc1c23.[K]. The average molecular weight is 317 g/mol. The molecule has 2 aromatic rings. The minimum absolute atomic E-state index is 0. The third kappa shape index (κ3) is 2.37. The van der Waals surface area contributed by atoms with E-state index in [-0.39, 0.29) is 78.2 Å². The molecule has 97 valence electrons. The number of ether oxygens (including phenoxy) is 1. The van der Waals surface area contributed by atoms with Crippen LogP contribution in [0.5, 0.6) is 0 Å². The number of hydrogen-bond donors (Lipinski definition) is 1. The van der Waals surface area contributed by atoms with Gasteiger partial charge in [-0.05, 0) is 18.2 Å². The van der Waals surface area contributed by atoms with Crippen LogP contribution in [0, 0.1) is 0 Å². The average Bonchev–Trinajstić information content (AvgIpc) is 2.33. The Kier molecular flexibility index (Phi) is 4.18. The Bertz CT molecular complexity index is 835. The Morgan fingerprint density at radius 1 is 0.950 bits per heavy atom. The van der Waals surface area contributed by atoms with Gasteiger partial charge in [-0.2, -0.15) is 8.42 Å². The number of esters is 2. The van der Waals surface area contributed by atoms with Crippen molar-refractivity contribution in [3.63, 3.8) is 0 Å². The zero-order valence-corrected chi connectivity index (χ0v) is 14.2. The Balaban J connectivity index is 0.00000147. The molecular formula is C12H6KO6S. The van der Waals surface area contributed by atoms with E-state index in [2.05, 4.69) is 4.74 Å². The molecule has 1 heterocycles. The van der Waals surface area contributed by atoms with Crippen molar-refractivity contribution in [1.29, 1.82) is 0 Å².